The lowest BCUT2D eigenvalue weighted by Crippen LogP contribution is -2.15. The minimum Gasteiger partial charge on any atom is -0.403 e. The molecule has 0 saturated carbocycles. The van der Waals surface area contributed by atoms with Crippen LogP contribution in [-0.4, -0.2) is 29.8 Å². The van der Waals surface area contributed by atoms with E-state index in [1.165, 1.54) is 24.3 Å². The third-order valence-electron chi connectivity index (χ3n) is 3.82. The van der Waals surface area contributed by atoms with Gasteiger partial charge >= 0.3 is 6.01 Å². The number of rotatable bonds is 5. The quantitative estimate of drug-likeness (QED) is 0.692. The highest BCUT2D eigenvalue weighted by molar-refractivity contribution is 7.92. The standard InChI is InChI=1S/C18H16ClN3O4S/c1-11(2)27(24,25)13-9-7-12(8-10-13)16(23)20-18-22-21-17(26-18)14-5-3-4-6-15(14)19/h3-11H,1-2H3,(H,20,22,23). The molecule has 0 aliphatic heterocycles. The van der Waals surface area contributed by atoms with E-state index in [-0.39, 0.29) is 22.4 Å². The van der Waals surface area contributed by atoms with Crippen molar-refractivity contribution in [3.05, 3.63) is 59.1 Å². The molecule has 0 radical (unpaired) electrons. The lowest BCUT2D eigenvalue weighted by atomic mass is 10.2. The van der Waals surface area contributed by atoms with Gasteiger partial charge in [-0.2, -0.15) is 0 Å². The highest BCUT2D eigenvalue weighted by Crippen LogP contribution is 2.27. The summed E-state index contributed by atoms with van der Waals surface area (Å²) in [5, 5.41) is 10.0. The summed E-state index contributed by atoms with van der Waals surface area (Å²) in [6.07, 6.45) is 0. The van der Waals surface area contributed by atoms with Crippen LogP contribution in [0.4, 0.5) is 6.01 Å². The molecule has 1 amide bonds. The van der Waals surface area contributed by atoms with E-state index in [1.807, 2.05) is 0 Å². The van der Waals surface area contributed by atoms with E-state index in [9.17, 15) is 13.2 Å². The van der Waals surface area contributed by atoms with Crippen LogP contribution >= 0.6 is 11.6 Å². The van der Waals surface area contributed by atoms with E-state index >= 15 is 0 Å². The maximum absolute atomic E-state index is 12.3. The van der Waals surface area contributed by atoms with Gasteiger partial charge in [-0.25, -0.2) is 8.42 Å². The zero-order valence-electron chi connectivity index (χ0n) is 14.5. The molecule has 7 nitrogen and oxygen atoms in total. The molecule has 0 aliphatic rings. The van der Waals surface area contributed by atoms with Crippen LogP contribution in [0.3, 0.4) is 0 Å². The molecule has 0 unspecified atom stereocenters. The molecule has 3 rings (SSSR count). The van der Waals surface area contributed by atoms with Gasteiger partial charge in [0, 0.05) is 5.56 Å². The lowest BCUT2D eigenvalue weighted by Gasteiger charge is -2.08. The van der Waals surface area contributed by atoms with Crippen LogP contribution in [0.2, 0.25) is 5.02 Å². The van der Waals surface area contributed by atoms with E-state index in [0.29, 0.717) is 10.6 Å². The monoisotopic (exact) mass is 405 g/mol. The van der Waals surface area contributed by atoms with Gasteiger partial charge < -0.3 is 4.42 Å². The summed E-state index contributed by atoms with van der Waals surface area (Å²) in [5.74, 6) is -0.327. The number of nitrogens with zero attached hydrogens (tertiary/aromatic N) is 2. The van der Waals surface area contributed by atoms with Crippen LogP contribution in [0.25, 0.3) is 11.5 Å². The van der Waals surface area contributed by atoms with Gasteiger partial charge in [0.05, 0.1) is 20.7 Å². The largest absolute Gasteiger partial charge is 0.403 e. The highest BCUT2D eigenvalue weighted by Gasteiger charge is 2.20. The Hall–Kier alpha value is -2.71. The molecule has 1 N–H and O–H groups in total. The van der Waals surface area contributed by atoms with Crippen molar-refractivity contribution in [2.24, 2.45) is 0 Å². The first-order chi connectivity index (χ1) is 12.8. The van der Waals surface area contributed by atoms with Crippen molar-refractivity contribution >= 4 is 33.4 Å². The number of hydrogen-bond donors (Lipinski definition) is 1. The topological polar surface area (TPSA) is 102 Å². The normalized spacial score (nSPS) is 11.6. The average molecular weight is 406 g/mol. The minimum atomic E-state index is -3.39. The molecule has 3 aromatic rings. The highest BCUT2D eigenvalue weighted by atomic mass is 35.5. The van der Waals surface area contributed by atoms with Crippen LogP contribution in [0.1, 0.15) is 24.2 Å². The van der Waals surface area contributed by atoms with E-state index in [2.05, 4.69) is 15.5 Å². The maximum atomic E-state index is 12.3. The van der Waals surface area contributed by atoms with Crippen LogP contribution in [-0.2, 0) is 9.84 Å². The fraction of sp³-hybridized carbons (Fsp3) is 0.167. The first kappa shape index (κ1) is 19.1. The molecule has 0 atom stereocenters. The van der Waals surface area contributed by atoms with Gasteiger partial charge in [-0.15, -0.1) is 5.10 Å². The predicted molar refractivity (Wildman–Crippen MR) is 101 cm³/mol. The zero-order chi connectivity index (χ0) is 19.6. The SMILES string of the molecule is CC(C)S(=O)(=O)c1ccc(C(=O)Nc2nnc(-c3ccccc3Cl)o2)cc1. The van der Waals surface area contributed by atoms with Gasteiger partial charge in [0.2, 0.25) is 0 Å². The number of halogens is 1. The van der Waals surface area contributed by atoms with Crippen LogP contribution in [0.15, 0.2) is 57.8 Å². The molecule has 0 fully saturated rings. The lowest BCUT2D eigenvalue weighted by molar-refractivity contribution is 0.102. The molecule has 0 saturated heterocycles. The molecule has 27 heavy (non-hydrogen) atoms. The van der Waals surface area contributed by atoms with Gasteiger partial charge in [-0.3, -0.25) is 10.1 Å². The van der Waals surface area contributed by atoms with Gasteiger partial charge in [0.15, 0.2) is 9.84 Å². The van der Waals surface area contributed by atoms with Crippen molar-refractivity contribution in [2.45, 2.75) is 24.0 Å². The Morgan fingerprint density at radius 3 is 2.37 bits per heavy atom. The Morgan fingerprint density at radius 1 is 1.07 bits per heavy atom. The number of nitrogens with one attached hydrogen (secondary N) is 1. The van der Waals surface area contributed by atoms with Gasteiger partial charge in [-0.1, -0.05) is 28.8 Å². The number of amides is 1. The van der Waals surface area contributed by atoms with Gasteiger partial charge in [-0.05, 0) is 50.2 Å². The number of anilines is 1. The number of benzene rings is 2. The second-order valence-corrected chi connectivity index (χ2v) is 8.88. The molecule has 140 valence electrons. The molecule has 1 heterocycles. The van der Waals surface area contributed by atoms with Gasteiger partial charge in [0.25, 0.3) is 11.8 Å². The van der Waals surface area contributed by atoms with Crippen LogP contribution in [0.5, 0.6) is 0 Å². The fourth-order valence-corrected chi connectivity index (χ4v) is 3.53. The third-order valence-corrected chi connectivity index (χ3v) is 6.32. The van der Waals surface area contributed by atoms with Crippen molar-refractivity contribution in [3.63, 3.8) is 0 Å². The number of aromatic nitrogens is 2. The molecular formula is C18H16ClN3O4S. The summed E-state index contributed by atoms with van der Waals surface area (Å²) in [6.45, 7) is 3.20. The second-order valence-electron chi connectivity index (χ2n) is 5.96. The molecule has 1 aromatic heterocycles. The smallest absolute Gasteiger partial charge is 0.322 e. The number of sulfone groups is 1. The Morgan fingerprint density at radius 2 is 1.74 bits per heavy atom. The molecule has 9 heteroatoms. The van der Waals surface area contributed by atoms with Crippen LogP contribution < -0.4 is 5.32 Å². The molecular weight excluding hydrogens is 390 g/mol. The Kier molecular flexibility index (Phi) is 5.29. The summed E-state index contributed by atoms with van der Waals surface area (Å²) in [7, 11) is -3.39. The molecule has 0 bridgehead atoms. The van der Waals surface area contributed by atoms with E-state index < -0.39 is 21.0 Å². The van der Waals surface area contributed by atoms with Crippen LogP contribution in [0, 0.1) is 0 Å². The Bertz CT molecular complexity index is 1080. The average Bonchev–Trinajstić information content (AvgIpc) is 3.10. The third kappa shape index (κ3) is 4.01. The minimum absolute atomic E-state index is 0.0891. The Labute approximate surface area is 161 Å². The van der Waals surface area contributed by atoms with Crippen molar-refractivity contribution in [2.75, 3.05) is 5.32 Å². The number of carbonyl (C=O) groups excluding carboxylic acids is 1. The summed E-state index contributed by atoms with van der Waals surface area (Å²) < 4.78 is 29.7. The van der Waals surface area contributed by atoms with Crippen molar-refractivity contribution in [1.29, 1.82) is 0 Å². The predicted octanol–water partition coefficient (Wildman–Crippen LogP) is 3.82. The Balaban J connectivity index is 1.76. The molecule has 0 aliphatic carbocycles. The van der Waals surface area contributed by atoms with Gasteiger partial charge in [0.1, 0.15) is 0 Å². The van der Waals surface area contributed by atoms with Crippen molar-refractivity contribution < 1.29 is 17.6 Å². The molecule has 0 spiro atoms. The molecule has 2 aromatic carbocycles. The number of hydrogen-bond acceptors (Lipinski definition) is 6. The summed E-state index contributed by atoms with van der Waals surface area (Å²) in [4.78, 5) is 12.5. The number of carbonyl (C=O) groups is 1. The summed E-state index contributed by atoms with van der Waals surface area (Å²) in [5.41, 5.74) is 0.811. The second kappa shape index (κ2) is 7.50. The first-order valence-electron chi connectivity index (χ1n) is 8.03. The van der Waals surface area contributed by atoms with Crippen molar-refractivity contribution in [1.82, 2.24) is 10.2 Å². The van der Waals surface area contributed by atoms with E-state index in [1.54, 1.807) is 38.1 Å². The maximum Gasteiger partial charge on any atom is 0.322 e. The summed E-state index contributed by atoms with van der Waals surface area (Å²) >= 11 is 6.08. The zero-order valence-corrected chi connectivity index (χ0v) is 16.1. The summed E-state index contributed by atoms with van der Waals surface area (Å²) in [6, 6.07) is 12.5. The van der Waals surface area contributed by atoms with Crippen molar-refractivity contribution in [3.8, 4) is 11.5 Å². The fourth-order valence-electron chi connectivity index (χ4n) is 2.25. The van der Waals surface area contributed by atoms with E-state index in [0.717, 1.165) is 0 Å². The van der Waals surface area contributed by atoms with E-state index in [4.69, 9.17) is 16.0 Å². The first-order valence-corrected chi connectivity index (χ1v) is 9.95.